The molecule has 1 aromatic carbocycles. The molecule has 2 amide bonds. The third kappa shape index (κ3) is 5.46. The van der Waals surface area contributed by atoms with E-state index in [4.69, 9.17) is 4.74 Å². The molecule has 1 heterocycles. The van der Waals surface area contributed by atoms with Crippen molar-refractivity contribution in [1.82, 2.24) is 10.2 Å². The predicted molar refractivity (Wildman–Crippen MR) is 93.1 cm³/mol. The molecular formula is C17H24N2O3S. The first-order valence-electron chi connectivity index (χ1n) is 7.78. The number of nitrogens with one attached hydrogen (secondary N) is 1. The Morgan fingerprint density at radius 3 is 2.57 bits per heavy atom. The first kappa shape index (κ1) is 17.7. The van der Waals surface area contributed by atoms with Crippen LogP contribution < -0.4 is 10.1 Å². The highest BCUT2D eigenvalue weighted by molar-refractivity contribution is 8.13. The Kier molecular flexibility index (Phi) is 5.93. The number of hydrogen-bond donors (Lipinski definition) is 1. The molecule has 2 rings (SSSR count). The highest BCUT2D eigenvalue weighted by Crippen LogP contribution is 2.24. The summed E-state index contributed by atoms with van der Waals surface area (Å²) < 4.78 is 5.62. The van der Waals surface area contributed by atoms with E-state index in [2.05, 4.69) is 38.2 Å². The summed E-state index contributed by atoms with van der Waals surface area (Å²) in [6.45, 7) is 8.12. The number of nitrogens with zero attached hydrogens (tertiary/aromatic N) is 1. The number of benzene rings is 1. The fourth-order valence-electron chi connectivity index (χ4n) is 2.21. The molecule has 126 valence electrons. The van der Waals surface area contributed by atoms with Crippen LogP contribution in [0.4, 0.5) is 4.79 Å². The lowest BCUT2D eigenvalue weighted by Gasteiger charge is -2.19. The highest BCUT2D eigenvalue weighted by atomic mass is 32.2. The standard InChI is InChI=1S/C17H24N2O3S/c1-17(2,3)13-4-6-14(7-5-13)22-10-8-18-15(20)12-19-9-11-23-16(19)21/h4-7H,8-12H2,1-3H3,(H,18,20). The van der Waals surface area contributed by atoms with Crippen LogP contribution in [-0.2, 0) is 10.2 Å². The summed E-state index contributed by atoms with van der Waals surface area (Å²) in [5.41, 5.74) is 1.38. The topological polar surface area (TPSA) is 58.6 Å². The van der Waals surface area contributed by atoms with E-state index < -0.39 is 0 Å². The van der Waals surface area contributed by atoms with Crippen molar-refractivity contribution >= 4 is 22.9 Å². The van der Waals surface area contributed by atoms with Crippen LogP contribution in [-0.4, -0.2) is 48.0 Å². The summed E-state index contributed by atoms with van der Waals surface area (Å²) in [6, 6.07) is 8.01. The van der Waals surface area contributed by atoms with Gasteiger partial charge in [-0.05, 0) is 23.1 Å². The molecular weight excluding hydrogens is 312 g/mol. The molecule has 1 N–H and O–H groups in total. The number of hydrogen-bond acceptors (Lipinski definition) is 4. The van der Waals surface area contributed by atoms with Crippen LogP contribution in [0.2, 0.25) is 0 Å². The largest absolute Gasteiger partial charge is 0.492 e. The lowest BCUT2D eigenvalue weighted by molar-refractivity contribution is -0.121. The summed E-state index contributed by atoms with van der Waals surface area (Å²) in [5, 5.41) is 2.75. The number of amides is 2. The zero-order chi connectivity index (χ0) is 16.9. The van der Waals surface area contributed by atoms with E-state index in [1.807, 2.05) is 12.1 Å². The Morgan fingerprint density at radius 2 is 2.00 bits per heavy atom. The summed E-state index contributed by atoms with van der Waals surface area (Å²) in [5.74, 6) is 1.41. The highest BCUT2D eigenvalue weighted by Gasteiger charge is 2.22. The first-order chi connectivity index (χ1) is 10.9. The van der Waals surface area contributed by atoms with E-state index in [1.165, 1.54) is 17.3 Å². The lowest BCUT2D eigenvalue weighted by atomic mass is 9.87. The van der Waals surface area contributed by atoms with Crippen molar-refractivity contribution in [3.63, 3.8) is 0 Å². The predicted octanol–water partition coefficient (Wildman–Crippen LogP) is 2.65. The zero-order valence-corrected chi connectivity index (χ0v) is 14.7. The van der Waals surface area contributed by atoms with Gasteiger partial charge < -0.3 is 15.0 Å². The molecule has 0 radical (unpaired) electrons. The van der Waals surface area contributed by atoms with E-state index in [0.29, 0.717) is 19.7 Å². The van der Waals surface area contributed by atoms with Crippen molar-refractivity contribution in [2.45, 2.75) is 26.2 Å². The Hall–Kier alpha value is -1.69. The second-order valence-corrected chi connectivity index (χ2v) is 7.55. The molecule has 0 aromatic heterocycles. The molecule has 1 aliphatic heterocycles. The molecule has 0 spiro atoms. The Bertz CT molecular complexity index is 552. The van der Waals surface area contributed by atoms with Crippen molar-refractivity contribution in [1.29, 1.82) is 0 Å². The van der Waals surface area contributed by atoms with E-state index in [-0.39, 0.29) is 23.1 Å². The van der Waals surface area contributed by atoms with E-state index in [1.54, 1.807) is 4.90 Å². The zero-order valence-electron chi connectivity index (χ0n) is 13.9. The van der Waals surface area contributed by atoms with Crippen molar-refractivity contribution < 1.29 is 14.3 Å². The van der Waals surface area contributed by atoms with Crippen LogP contribution in [0, 0.1) is 0 Å². The minimum atomic E-state index is -0.146. The van der Waals surface area contributed by atoms with Gasteiger partial charge in [0.1, 0.15) is 18.9 Å². The van der Waals surface area contributed by atoms with Crippen LogP contribution in [0.25, 0.3) is 0 Å². The van der Waals surface area contributed by atoms with Gasteiger partial charge in [-0.1, -0.05) is 44.7 Å². The molecule has 1 fully saturated rings. The van der Waals surface area contributed by atoms with Crippen LogP contribution in [0.5, 0.6) is 5.75 Å². The summed E-state index contributed by atoms with van der Waals surface area (Å²) in [7, 11) is 0. The van der Waals surface area contributed by atoms with Crippen molar-refractivity contribution in [2.75, 3.05) is 32.0 Å². The fraction of sp³-hybridized carbons (Fsp3) is 0.529. The molecule has 0 saturated carbocycles. The maximum Gasteiger partial charge on any atom is 0.282 e. The van der Waals surface area contributed by atoms with E-state index in [9.17, 15) is 9.59 Å². The van der Waals surface area contributed by atoms with Gasteiger partial charge in [0, 0.05) is 12.3 Å². The average molecular weight is 336 g/mol. The van der Waals surface area contributed by atoms with Gasteiger partial charge >= 0.3 is 0 Å². The second-order valence-electron chi connectivity index (χ2n) is 6.51. The van der Waals surface area contributed by atoms with Gasteiger partial charge in [0.25, 0.3) is 5.24 Å². The fourth-order valence-corrected chi connectivity index (χ4v) is 3.03. The maximum atomic E-state index is 11.7. The Morgan fingerprint density at radius 1 is 1.30 bits per heavy atom. The van der Waals surface area contributed by atoms with Crippen LogP contribution >= 0.6 is 11.8 Å². The van der Waals surface area contributed by atoms with Crippen molar-refractivity contribution in [3.8, 4) is 5.75 Å². The minimum absolute atomic E-state index is 0.0182. The number of carbonyl (C=O) groups excluding carboxylic acids is 2. The van der Waals surface area contributed by atoms with Crippen molar-refractivity contribution in [3.05, 3.63) is 29.8 Å². The van der Waals surface area contributed by atoms with Gasteiger partial charge in [-0.2, -0.15) is 0 Å². The van der Waals surface area contributed by atoms with Gasteiger partial charge in [0.2, 0.25) is 5.91 Å². The number of ether oxygens (including phenoxy) is 1. The molecule has 0 unspecified atom stereocenters. The number of rotatable bonds is 6. The lowest BCUT2D eigenvalue weighted by Crippen LogP contribution is -2.38. The van der Waals surface area contributed by atoms with Gasteiger partial charge in [-0.3, -0.25) is 9.59 Å². The Balaban J connectivity index is 1.67. The van der Waals surface area contributed by atoms with Crippen LogP contribution in [0.15, 0.2) is 24.3 Å². The smallest absolute Gasteiger partial charge is 0.282 e. The molecule has 0 atom stereocenters. The third-order valence-corrected chi connectivity index (χ3v) is 4.48. The molecule has 23 heavy (non-hydrogen) atoms. The molecule has 1 saturated heterocycles. The average Bonchev–Trinajstić information content (AvgIpc) is 2.88. The Labute approximate surface area is 141 Å². The van der Waals surface area contributed by atoms with Crippen LogP contribution in [0.1, 0.15) is 26.3 Å². The summed E-state index contributed by atoms with van der Waals surface area (Å²) in [6.07, 6.45) is 0. The molecule has 1 aliphatic rings. The third-order valence-electron chi connectivity index (χ3n) is 3.59. The normalized spacial score (nSPS) is 14.9. The van der Waals surface area contributed by atoms with Gasteiger partial charge in [-0.25, -0.2) is 0 Å². The van der Waals surface area contributed by atoms with E-state index >= 15 is 0 Å². The molecule has 0 bridgehead atoms. The molecule has 6 heteroatoms. The maximum absolute atomic E-state index is 11.7. The SMILES string of the molecule is CC(C)(C)c1ccc(OCCNC(=O)CN2CCSC2=O)cc1. The minimum Gasteiger partial charge on any atom is -0.492 e. The van der Waals surface area contributed by atoms with Crippen LogP contribution in [0.3, 0.4) is 0 Å². The molecule has 1 aromatic rings. The monoisotopic (exact) mass is 336 g/mol. The molecule has 0 aliphatic carbocycles. The first-order valence-corrected chi connectivity index (χ1v) is 8.76. The van der Waals surface area contributed by atoms with Gasteiger partial charge in [-0.15, -0.1) is 0 Å². The number of carbonyl (C=O) groups is 2. The number of thioether (sulfide) groups is 1. The van der Waals surface area contributed by atoms with Crippen molar-refractivity contribution in [2.24, 2.45) is 0 Å². The van der Waals surface area contributed by atoms with Gasteiger partial charge in [0.15, 0.2) is 0 Å². The quantitative estimate of drug-likeness (QED) is 0.812. The van der Waals surface area contributed by atoms with Gasteiger partial charge in [0.05, 0.1) is 6.54 Å². The summed E-state index contributed by atoms with van der Waals surface area (Å²) >= 11 is 1.26. The summed E-state index contributed by atoms with van der Waals surface area (Å²) in [4.78, 5) is 24.7. The molecule has 5 nitrogen and oxygen atoms in total. The van der Waals surface area contributed by atoms with E-state index in [0.717, 1.165) is 11.5 Å². The second kappa shape index (κ2) is 7.73.